The van der Waals surface area contributed by atoms with Crippen LogP contribution in [0.2, 0.25) is 5.02 Å². The van der Waals surface area contributed by atoms with Gasteiger partial charge in [0.15, 0.2) is 0 Å². The lowest BCUT2D eigenvalue weighted by molar-refractivity contribution is 0.0577. The number of alkyl halides is 1. The van der Waals surface area contributed by atoms with Gasteiger partial charge >= 0.3 is 0 Å². The molecule has 0 aromatic heterocycles. The van der Waals surface area contributed by atoms with Crippen molar-refractivity contribution in [3.63, 3.8) is 0 Å². The van der Waals surface area contributed by atoms with E-state index in [4.69, 9.17) is 16.3 Å². The van der Waals surface area contributed by atoms with E-state index >= 15 is 0 Å². The van der Waals surface area contributed by atoms with Gasteiger partial charge in [0.1, 0.15) is 0 Å². The molecule has 4 heteroatoms. The molecular weight excluding hydrogens is 438 g/mol. The Balaban J connectivity index is 1.99. The third-order valence-corrected chi connectivity index (χ3v) is 4.33. The van der Waals surface area contributed by atoms with Crippen molar-refractivity contribution in [3.05, 3.63) is 69.2 Å². The van der Waals surface area contributed by atoms with E-state index in [0.717, 1.165) is 19.5 Å². The highest BCUT2D eigenvalue weighted by Gasteiger charge is 2.10. The normalized spacial score (nSPS) is 12.4. The van der Waals surface area contributed by atoms with Crippen LogP contribution in [0.25, 0.3) is 0 Å². The van der Waals surface area contributed by atoms with Gasteiger partial charge in [0.2, 0.25) is 0 Å². The van der Waals surface area contributed by atoms with E-state index in [0.29, 0.717) is 6.61 Å². The van der Waals surface area contributed by atoms with Crippen LogP contribution in [-0.2, 0) is 11.3 Å². The first-order chi connectivity index (χ1) is 9.19. The molecule has 0 aliphatic carbocycles. The van der Waals surface area contributed by atoms with E-state index in [2.05, 4.69) is 50.7 Å². The van der Waals surface area contributed by atoms with E-state index in [-0.39, 0.29) is 6.10 Å². The van der Waals surface area contributed by atoms with Crippen molar-refractivity contribution >= 4 is 50.1 Å². The maximum absolute atomic E-state index is 5.98. The fraction of sp³-hybridized carbons (Fsp3) is 0.200. The standard InChI is InChI=1S/C15H13BrClIO/c16-13-5-3-12(4-6-13)15(9-18)19-10-11-1-7-14(17)8-2-11/h1-8,15H,9-10H2. The highest BCUT2D eigenvalue weighted by molar-refractivity contribution is 14.1. The van der Waals surface area contributed by atoms with Gasteiger partial charge < -0.3 is 4.74 Å². The zero-order chi connectivity index (χ0) is 13.7. The SMILES string of the molecule is Clc1ccc(COC(CI)c2ccc(Br)cc2)cc1. The molecule has 0 amide bonds. The molecule has 1 unspecified atom stereocenters. The number of halogens is 3. The molecule has 0 aliphatic heterocycles. The molecule has 19 heavy (non-hydrogen) atoms. The number of rotatable bonds is 5. The summed E-state index contributed by atoms with van der Waals surface area (Å²) in [7, 11) is 0. The third-order valence-electron chi connectivity index (χ3n) is 2.75. The molecule has 0 saturated carbocycles. The molecule has 0 heterocycles. The molecule has 1 atom stereocenters. The van der Waals surface area contributed by atoms with Crippen LogP contribution in [0.3, 0.4) is 0 Å². The van der Waals surface area contributed by atoms with Crippen LogP contribution >= 0.6 is 50.1 Å². The minimum atomic E-state index is 0.115. The van der Waals surface area contributed by atoms with Crippen molar-refractivity contribution in [2.45, 2.75) is 12.7 Å². The van der Waals surface area contributed by atoms with E-state index in [1.165, 1.54) is 5.56 Å². The summed E-state index contributed by atoms with van der Waals surface area (Å²) in [4.78, 5) is 0. The molecule has 0 saturated heterocycles. The smallest absolute Gasteiger partial charge is 0.0918 e. The van der Waals surface area contributed by atoms with Gasteiger partial charge in [-0.1, -0.05) is 74.4 Å². The van der Waals surface area contributed by atoms with E-state index in [9.17, 15) is 0 Å². The van der Waals surface area contributed by atoms with Gasteiger partial charge in [-0.15, -0.1) is 0 Å². The first-order valence-electron chi connectivity index (χ1n) is 5.86. The van der Waals surface area contributed by atoms with E-state index in [1.54, 1.807) is 0 Å². The minimum absolute atomic E-state index is 0.115. The number of hydrogen-bond acceptors (Lipinski definition) is 1. The van der Waals surface area contributed by atoms with Crippen molar-refractivity contribution in [3.8, 4) is 0 Å². The molecule has 1 nitrogen and oxygen atoms in total. The predicted molar refractivity (Wildman–Crippen MR) is 92.0 cm³/mol. The summed E-state index contributed by atoms with van der Waals surface area (Å²) in [5.74, 6) is 0. The summed E-state index contributed by atoms with van der Waals surface area (Å²) in [6.45, 7) is 0.598. The second-order valence-corrected chi connectivity index (χ2v) is 6.36. The molecule has 0 N–H and O–H groups in total. The molecule has 2 aromatic carbocycles. The van der Waals surface area contributed by atoms with Gasteiger partial charge in [-0.3, -0.25) is 0 Å². The topological polar surface area (TPSA) is 9.23 Å². The Morgan fingerprint density at radius 3 is 2.26 bits per heavy atom. The number of benzene rings is 2. The largest absolute Gasteiger partial charge is 0.368 e. The Morgan fingerprint density at radius 2 is 1.68 bits per heavy atom. The van der Waals surface area contributed by atoms with Crippen LogP contribution in [0.1, 0.15) is 17.2 Å². The van der Waals surface area contributed by atoms with E-state index < -0.39 is 0 Å². The summed E-state index contributed by atoms with van der Waals surface area (Å²) < 4.78 is 7.99. The van der Waals surface area contributed by atoms with Crippen LogP contribution in [0.4, 0.5) is 0 Å². The van der Waals surface area contributed by atoms with Crippen LogP contribution in [-0.4, -0.2) is 4.43 Å². The second kappa shape index (κ2) is 7.62. The summed E-state index contributed by atoms with van der Waals surface area (Å²) in [6, 6.07) is 16.0. The zero-order valence-corrected chi connectivity index (χ0v) is 14.7. The summed E-state index contributed by atoms with van der Waals surface area (Å²) in [6.07, 6.45) is 0.115. The Bertz CT molecular complexity index is 513. The first-order valence-corrected chi connectivity index (χ1v) is 8.56. The fourth-order valence-corrected chi connectivity index (χ4v) is 2.84. The van der Waals surface area contributed by atoms with Crippen LogP contribution in [0.5, 0.6) is 0 Å². The molecule has 2 aromatic rings. The first kappa shape index (κ1) is 15.3. The van der Waals surface area contributed by atoms with Gasteiger partial charge in [-0.05, 0) is 35.4 Å². The molecule has 0 radical (unpaired) electrons. The minimum Gasteiger partial charge on any atom is -0.368 e. The summed E-state index contributed by atoms with van der Waals surface area (Å²) in [5.41, 5.74) is 2.34. The molecule has 2 rings (SSSR count). The Kier molecular flexibility index (Phi) is 6.13. The molecule has 0 bridgehead atoms. The average molecular weight is 452 g/mol. The third kappa shape index (κ3) is 4.74. The Hall–Kier alpha value is -0.100. The Morgan fingerprint density at radius 1 is 1.05 bits per heavy atom. The summed E-state index contributed by atoms with van der Waals surface area (Å²) in [5, 5.41) is 0.752. The monoisotopic (exact) mass is 450 g/mol. The fourth-order valence-electron chi connectivity index (χ4n) is 1.68. The van der Waals surface area contributed by atoms with Gasteiger partial charge in [-0.25, -0.2) is 0 Å². The molecule has 0 fully saturated rings. The van der Waals surface area contributed by atoms with Crippen molar-refractivity contribution in [2.75, 3.05) is 4.43 Å². The molecular formula is C15H13BrClIO. The number of hydrogen-bond donors (Lipinski definition) is 0. The quantitative estimate of drug-likeness (QED) is 0.413. The van der Waals surface area contributed by atoms with Crippen molar-refractivity contribution in [2.24, 2.45) is 0 Å². The van der Waals surface area contributed by atoms with Gasteiger partial charge in [0, 0.05) is 13.9 Å². The highest BCUT2D eigenvalue weighted by Crippen LogP contribution is 2.23. The van der Waals surface area contributed by atoms with Crippen LogP contribution < -0.4 is 0 Å². The lowest BCUT2D eigenvalue weighted by Gasteiger charge is -2.16. The molecule has 0 spiro atoms. The molecule has 0 aliphatic rings. The maximum Gasteiger partial charge on any atom is 0.0918 e. The maximum atomic E-state index is 5.98. The van der Waals surface area contributed by atoms with Gasteiger partial charge in [0.25, 0.3) is 0 Å². The zero-order valence-electron chi connectivity index (χ0n) is 10.2. The van der Waals surface area contributed by atoms with Gasteiger partial charge in [-0.2, -0.15) is 0 Å². The predicted octanol–water partition coefficient (Wildman–Crippen LogP) is 5.80. The lowest BCUT2D eigenvalue weighted by Crippen LogP contribution is -2.05. The van der Waals surface area contributed by atoms with Crippen molar-refractivity contribution < 1.29 is 4.74 Å². The second-order valence-electron chi connectivity index (χ2n) is 4.13. The Labute approximate surface area is 140 Å². The number of ether oxygens (including phenoxy) is 1. The van der Waals surface area contributed by atoms with Crippen molar-refractivity contribution in [1.82, 2.24) is 0 Å². The van der Waals surface area contributed by atoms with Crippen LogP contribution in [0.15, 0.2) is 53.0 Å². The van der Waals surface area contributed by atoms with Crippen molar-refractivity contribution in [1.29, 1.82) is 0 Å². The van der Waals surface area contributed by atoms with Gasteiger partial charge in [0.05, 0.1) is 12.7 Å². The molecule has 100 valence electrons. The lowest BCUT2D eigenvalue weighted by atomic mass is 10.1. The van der Waals surface area contributed by atoms with Crippen LogP contribution in [0, 0.1) is 0 Å². The van der Waals surface area contributed by atoms with E-state index in [1.807, 2.05) is 36.4 Å². The summed E-state index contributed by atoms with van der Waals surface area (Å²) >= 11 is 11.7. The average Bonchev–Trinajstić information content (AvgIpc) is 2.43. The highest BCUT2D eigenvalue weighted by atomic mass is 127.